The topological polar surface area (TPSA) is 167 Å². The number of carbonyl (C=O) groups is 1. The van der Waals surface area contributed by atoms with E-state index in [-0.39, 0.29) is 34.6 Å². The summed E-state index contributed by atoms with van der Waals surface area (Å²) in [7, 11) is 0. The molecule has 2 heterocycles. The fraction of sp³-hybridized carbons (Fsp3) is 0.143. The molecule has 1 aromatic heterocycles. The predicted molar refractivity (Wildman–Crippen MR) is 105 cm³/mol. The molecule has 0 saturated heterocycles. The second-order valence-electron chi connectivity index (χ2n) is 6.77. The van der Waals surface area contributed by atoms with Crippen LogP contribution in [0.25, 0.3) is 22.3 Å². The van der Waals surface area contributed by atoms with Gasteiger partial charge in [0.05, 0.1) is 12.5 Å². The number of carboxylic acid groups (broad SMARTS) is 1. The van der Waals surface area contributed by atoms with Gasteiger partial charge in [-0.05, 0) is 30.3 Å². The van der Waals surface area contributed by atoms with E-state index in [9.17, 15) is 30.0 Å². The number of ether oxygens (including phenoxy) is 2. The van der Waals surface area contributed by atoms with E-state index in [1.165, 1.54) is 24.3 Å². The quantitative estimate of drug-likeness (QED) is 0.388. The first kappa shape index (κ1) is 20.1. The molecule has 5 N–H and O–H groups in total. The van der Waals surface area contributed by atoms with Crippen LogP contribution in [0.3, 0.4) is 0 Å². The lowest BCUT2D eigenvalue weighted by atomic mass is 10.1. The molecule has 1 aliphatic rings. The number of fused-ring (bicyclic) bond motifs is 1. The maximum absolute atomic E-state index is 12.5. The van der Waals surface area contributed by atoms with Gasteiger partial charge in [-0.3, -0.25) is 4.79 Å². The maximum atomic E-state index is 12.5. The Labute approximate surface area is 173 Å². The lowest BCUT2D eigenvalue weighted by Crippen LogP contribution is -2.31. The van der Waals surface area contributed by atoms with Crippen molar-refractivity contribution in [3.63, 3.8) is 0 Å². The van der Waals surface area contributed by atoms with Crippen LogP contribution < -0.4 is 10.2 Å². The van der Waals surface area contributed by atoms with Crippen LogP contribution in [-0.2, 0) is 9.53 Å². The monoisotopic (exact) mass is 428 g/mol. The summed E-state index contributed by atoms with van der Waals surface area (Å²) >= 11 is 0. The van der Waals surface area contributed by atoms with E-state index >= 15 is 0 Å². The molecule has 4 rings (SSSR count). The highest BCUT2D eigenvalue weighted by molar-refractivity contribution is 5.89. The van der Waals surface area contributed by atoms with E-state index in [0.717, 1.165) is 18.2 Å². The standard InChI is InChI=1S/C21H16O10/c22-10-3-1-9(2-4-10)13-7-12(24)18-14(29-13)8-15(19(25)20(18)26)30-17-6-11(23)5-16(31-17)21(27)28/h1-5,7-8,11,17,22-23,25-26H,6H2,(H,27,28)/t11-,17+/m0/s1. The van der Waals surface area contributed by atoms with Gasteiger partial charge in [0.25, 0.3) is 0 Å². The van der Waals surface area contributed by atoms with Crippen LogP contribution in [0.2, 0.25) is 0 Å². The van der Waals surface area contributed by atoms with Gasteiger partial charge in [0.1, 0.15) is 22.5 Å². The van der Waals surface area contributed by atoms with Gasteiger partial charge in [-0.1, -0.05) is 0 Å². The SMILES string of the molecule is O=C(O)C1=C[C@H](O)C[C@H](Oc2cc3oc(-c4ccc(O)cc4)cc(=O)c3c(O)c2O)O1. The van der Waals surface area contributed by atoms with E-state index in [4.69, 9.17) is 19.0 Å². The summed E-state index contributed by atoms with van der Waals surface area (Å²) in [5.41, 5.74) is -0.280. The first-order valence-corrected chi connectivity index (χ1v) is 9.01. The number of carboxylic acids is 1. The molecule has 1 aliphatic heterocycles. The Kier molecular flexibility index (Phi) is 4.91. The second-order valence-corrected chi connectivity index (χ2v) is 6.77. The van der Waals surface area contributed by atoms with Crippen molar-refractivity contribution in [3.05, 3.63) is 58.5 Å². The molecular weight excluding hydrogens is 412 g/mol. The van der Waals surface area contributed by atoms with Gasteiger partial charge in [0.15, 0.2) is 16.9 Å². The van der Waals surface area contributed by atoms with Crippen molar-refractivity contribution in [1.29, 1.82) is 0 Å². The van der Waals surface area contributed by atoms with E-state index in [1.54, 1.807) is 0 Å². The summed E-state index contributed by atoms with van der Waals surface area (Å²) in [5.74, 6) is -3.70. The third-order valence-electron chi connectivity index (χ3n) is 4.59. The Hall–Kier alpha value is -4.18. The van der Waals surface area contributed by atoms with E-state index < -0.39 is 41.1 Å². The summed E-state index contributed by atoms with van der Waals surface area (Å²) < 4.78 is 16.2. The number of aromatic hydroxyl groups is 3. The van der Waals surface area contributed by atoms with Gasteiger partial charge in [-0.2, -0.15) is 0 Å². The van der Waals surface area contributed by atoms with Crippen LogP contribution in [0.1, 0.15) is 6.42 Å². The highest BCUT2D eigenvalue weighted by atomic mass is 16.7. The molecule has 10 heteroatoms. The normalized spacial score (nSPS) is 18.3. The number of rotatable bonds is 4. The van der Waals surface area contributed by atoms with Crippen molar-refractivity contribution in [2.45, 2.75) is 18.8 Å². The molecule has 0 amide bonds. The molecule has 160 valence electrons. The molecule has 0 bridgehead atoms. The van der Waals surface area contributed by atoms with E-state index in [0.29, 0.717) is 5.56 Å². The molecular formula is C21H16O10. The third kappa shape index (κ3) is 3.83. The van der Waals surface area contributed by atoms with E-state index in [2.05, 4.69) is 0 Å². The molecule has 31 heavy (non-hydrogen) atoms. The summed E-state index contributed by atoms with van der Waals surface area (Å²) in [6.45, 7) is 0. The van der Waals surface area contributed by atoms with Crippen LogP contribution in [0.5, 0.6) is 23.0 Å². The van der Waals surface area contributed by atoms with Crippen molar-refractivity contribution in [2.75, 3.05) is 0 Å². The number of benzene rings is 2. The molecule has 2 aromatic carbocycles. The van der Waals surface area contributed by atoms with Crippen LogP contribution in [0, 0.1) is 0 Å². The Bertz CT molecular complexity index is 1260. The fourth-order valence-electron chi connectivity index (χ4n) is 3.13. The smallest absolute Gasteiger partial charge is 0.371 e. The van der Waals surface area contributed by atoms with Gasteiger partial charge in [0, 0.05) is 17.7 Å². The Morgan fingerprint density at radius 3 is 2.45 bits per heavy atom. The third-order valence-corrected chi connectivity index (χ3v) is 4.59. The molecule has 0 unspecified atom stereocenters. The zero-order valence-electron chi connectivity index (χ0n) is 15.7. The van der Waals surface area contributed by atoms with Crippen LogP contribution in [0.4, 0.5) is 0 Å². The highest BCUT2D eigenvalue weighted by Crippen LogP contribution is 2.42. The summed E-state index contributed by atoms with van der Waals surface area (Å²) in [6, 6.07) is 8.12. The second kappa shape index (κ2) is 7.58. The minimum atomic E-state index is -1.41. The fourth-order valence-corrected chi connectivity index (χ4v) is 3.13. The molecule has 0 fully saturated rings. The Balaban J connectivity index is 1.75. The lowest BCUT2D eigenvalue weighted by Gasteiger charge is -2.26. The zero-order chi connectivity index (χ0) is 22.3. The molecule has 0 radical (unpaired) electrons. The number of hydrogen-bond acceptors (Lipinski definition) is 9. The highest BCUT2D eigenvalue weighted by Gasteiger charge is 2.29. The molecule has 0 aliphatic carbocycles. The average Bonchev–Trinajstić information content (AvgIpc) is 2.71. The minimum absolute atomic E-state index is 0.0228. The Morgan fingerprint density at radius 1 is 1.06 bits per heavy atom. The molecule has 2 atom stereocenters. The minimum Gasteiger partial charge on any atom is -0.508 e. The van der Waals surface area contributed by atoms with Crippen molar-refractivity contribution in [3.8, 4) is 34.3 Å². The van der Waals surface area contributed by atoms with Crippen LogP contribution in [-0.4, -0.2) is 43.9 Å². The number of aliphatic hydroxyl groups is 1. The molecule has 0 saturated carbocycles. The van der Waals surface area contributed by atoms with Gasteiger partial charge in [-0.15, -0.1) is 0 Å². The van der Waals surface area contributed by atoms with E-state index in [1.807, 2.05) is 0 Å². The zero-order valence-corrected chi connectivity index (χ0v) is 15.7. The van der Waals surface area contributed by atoms with Gasteiger partial charge in [-0.25, -0.2) is 4.79 Å². The van der Waals surface area contributed by atoms with Gasteiger partial charge >= 0.3 is 5.97 Å². The number of aliphatic hydroxyl groups excluding tert-OH is 1. The first-order valence-electron chi connectivity index (χ1n) is 9.01. The van der Waals surface area contributed by atoms with Crippen molar-refractivity contribution in [2.24, 2.45) is 0 Å². The van der Waals surface area contributed by atoms with Crippen molar-refractivity contribution in [1.82, 2.24) is 0 Å². The molecule has 3 aromatic rings. The summed E-state index contributed by atoms with van der Waals surface area (Å²) in [5, 5.41) is 48.6. The molecule has 10 nitrogen and oxygen atoms in total. The van der Waals surface area contributed by atoms with Crippen LogP contribution in [0.15, 0.2) is 57.4 Å². The first-order chi connectivity index (χ1) is 14.7. The van der Waals surface area contributed by atoms with Gasteiger partial charge < -0.3 is 39.4 Å². The summed E-state index contributed by atoms with van der Waals surface area (Å²) in [6.07, 6.45) is -1.60. The number of hydrogen-bond donors (Lipinski definition) is 5. The Morgan fingerprint density at radius 2 is 1.77 bits per heavy atom. The average molecular weight is 428 g/mol. The number of phenols is 3. The van der Waals surface area contributed by atoms with Crippen molar-refractivity contribution < 1.29 is 44.2 Å². The number of phenolic OH excluding ortho intramolecular Hbond substituents is 3. The van der Waals surface area contributed by atoms with Crippen LogP contribution >= 0.6 is 0 Å². The summed E-state index contributed by atoms with van der Waals surface area (Å²) in [4.78, 5) is 23.6. The maximum Gasteiger partial charge on any atom is 0.371 e. The number of aliphatic carboxylic acids is 1. The molecule has 0 spiro atoms. The lowest BCUT2D eigenvalue weighted by molar-refractivity contribution is -0.146. The predicted octanol–water partition coefficient (Wildman–Crippen LogP) is 2.03. The largest absolute Gasteiger partial charge is 0.508 e. The van der Waals surface area contributed by atoms with Gasteiger partial charge in [0.2, 0.25) is 17.8 Å². The van der Waals surface area contributed by atoms with Crippen molar-refractivity contribution >= 4 is 16.9 Å².